The number of nitrogens with one attached hydrogen (secondary N) is 1. The molecule has 25 heavy (non-hydrogen) atoms. The number of carbonyl (C=O) groups excluding carboxylic acids is 3. The second-order valence-electron chi connectivity index (χ2n) is 5.88. The minimum Gasteiger partial charge on any atom is -0.469 e. The van der Waals surface area contributed by atoms with Gasteiger partial charge in [-0.2, -0.15) is 13.2 Å². The van der Waals surface area contributed by atoms with E-state index < -0.39 is 41.4 Å². The van der Waals surface area contributed by atoms with Crippen molar-refractivity contribution in [3.8, 4) is 0 Å². The number of benzene rings is 1. The number of anilines is 1. The highest BCUT2D eigenvalue weighted by Crippen LogP contribution is 2.34. The topological polar surface area (TPSA) is 98.5 Å². The highest BCUT2D eigenvalue weighted by atomic mass is 19.4. The van der Waals surface area contributed by atoms with E-state index in [1.807, 2.05) is 0 Å². The average Bonchev–Trinajstić information content (AvgIpc) is 3.03. The smallest absolute Gasteiger partial charge is 0.416 e. The Morgan fingerprint density at radius 1 is 1.16 bits per heavy atom. The molecule has 1 aromatic rings. The van der Waals surface area contributed by atoms with Gasteiger partial charge in [0, 0.05) is 17.2 Å². The lowest BCUT2D eigenvalue weighted by Gasteiger charge is -2.14. The van der Waals surface area contributed by atoms with E-state index in [2.05, 4.69) is 10.1 Å². The lowest BCUT2D eigenvalue weighted by Crippen LogP contribution is -2.23. The first-order valence-electron chi connectivity index (χ1n) is 7.52. The molecule has 6 nitrogen and oxygen atoms in total. The Labute approximate surface area is 141 Å². The number of nitrogens with two attached hydrogens (primary N) is 1. The molecule has 1 fully saturated rings. The number of hydrogen-bond donors (Lipinski definition) is 2. The Bertz CT molecular complexity index is 703. The van der Waals surface area contributed by atoms with Gasteiger partial charge in [-0.05, 0) is 37.5 Å². The maximum Gasteiger partial charge on any atom is 0.416 e. The van der Waals surface area contributed by atoms with Crippen molar-refractivity contribution >= 4 is 23.5 Å². The van der Waals surface area contributed by atoms with Crippen LogP contribution in [-0.2, 0) is 20.5 Å². The summed E-state index contributed by atoms with van der Waals surface area (Å²) in [7, 11) is 1.25. The van der Waals surface area contributed by atoms with E-state index in [1.54, 1.807) is 0 Å². The summed E-state index contributed by atoms with van der Waals surface area (Å²) in [6.07, 6.45) is -3.53. The van der Waals surface area contributed by atoms with E-state index >= 15 is 0 Å². The van der Waals surface area contributed by atoms with Crippen molar-refractivity contribution in [2.75, 3.05) is 12.4 Å². The second kappa shape index (κ2) is 7.12. The number of esters is 1. The van der Waals surface area contributed by atoms with Gasteiger partial charge in [-0.1, -0.05) is 0 Å². The van der Waals surface area contributed by atoms with Gasteiger partial charge in [0.25, 0.3) is 0 Å². The lowest BCUT2D eigenvalue weighted by atomic mass is 10.0. The number of alkyl halides is 3. The number of hydrogen-bond acceptors (Lipinski definition) is 4. The van der Waals surface area contributed by atoms with Crippen molar-refractivity contribution < 1.29 is 32.3 Å². The predicted octanol–water partition coefficient (Wildman–Crippen LogP) is 2.33. The van der Waals surface area contributed by atoms with Crippen molar-refractivity contribution in [3.63, 3.8) is 0 Å². The van der Waals surface area contributed by atoms with Crippen LogP contribution in [0.3, 0.4) is 0 Å². The minimum atomic E-state index is -4.69. The van der Waals surface area contributed by atoms with E-state index in [0.717, 1.165) is 12.1 Å². The van der Waals surface area contributed by atoms with Crippen LogP contribution in [0.2, 0.25) is 0 Å². The van der Waals surface area contributed by atoms with E-state index in [1.165, 1.54) is 7.11 Å². The molecule has 0 spiro atoms. The second-order valence-corrected chi connectivity index (χ2v) is 5.88. The Balaban J connectivity index is 2.17. The van der Waals surface area contributed by atoms with Crippen LogP contribution in [0.15, 0.2) is 18.2 Å². The van der Waals surface area contributed by atoms with Gasteiger partial charge in [-0.25, -0.2) is 0 Å². The first kappa shape index (κ1) is 18.8. The molecule has 0 heterocycles. The van der Waals surface area contributed by atoms with Crippen LogP contribution in [0.1, 0.15) is 35.2 Å². The lowest BCUT2D eigenvalue weighted by molar-refractivity contribution is -0.145. The highest BCUT2D eigenvalue weighted by molar-refractivity contribution is 5.97. The van der Waals surface area contributed by atoms with Gasteiger partial charge in [-0.3, -0.25) is 14.4 Å². The number of methoxy groups -OCH3 is 1. The molecule has 1 saturated carbocycles. The molecule has 0 aromatic heterocycles. The van der Waals surface area contributed by atoms with E-state index in [4.69, 9.17) is 5.73 Å². The molecule has 0 radical (unpaired) electrons. The van der Waals surface area contributed by atoms with Gasteiger partial charge in [0.1, 0.15) is 0 Å². The summed E-state index contributed by atoms with van der Waals surface area (Å²) < 4.78 is 43.4. The fourth-order valence-electron chi connectivity index (χ4n) is 2.85. The fourth-order valence-corrected chi connectivity index (χ4v) is 2.85. The molecule has 0 unspecified atom stereocenters. The zero-order chi connectivity index (χ0) is 18.8. The SMILES string of the molecule is COC(=O)[C@@H]1CC[C@H](C(=O)Nc2cc(C(N)=O)cc(C(F)(F)F)c2)C1. The molecule has 2 atom stereocenters. The molecular formula is C16H17F3N2O4. The zero-order valence-corrected chi connectivity index (χ0v) is 13.4. The third kappa shape index (κ3) is 4.49. The van der Waals surface area contributed by atoms with E-state index in [9.17, 15) is 27.6 Å². The molecular weight excluding hydrogens is 341 g/mol. The summed E-state index contributed by atoms with van der Waals surface area (Å²) in [5.41, 5.74) is 3.43. The average molecular weight is 358 g/mol. The third-order valence-electron chi connectivity index (χ3n) is 4.15. The van der Waals surface area contributed by atoms with Gasteiger partial charge in [-0.15, -0.1) is 0 Å². The third-order valence-corrected chi connectivity index (χ3v) is 4.15. The molecule has 1 aromatic carbocycles. The Kier molecular flexibility index (Phi) is 5.34. The molecule has 2 amide bonds. The first-order chi connectivity index (χ1) is 11.6. The number of rotatable bonds is 4. The van der Waals surface area contributed by atoms with E-state index in [0.29, 0.717) is 18.9 Å². The van der Waals surface area contributed by atoms with Crippen molar-refractivity contribution in [1.82, 2.24) is 0 Å². The molecule has 0 bridgehead atoms. The summed E-state index contributed by atoms with van der Waals surface area (Å²) in [5, 5.41) is 2.37. The summed E-state index contributed by atoms with van der Waals surface area (Å²) in [6.45, 7) is 0. The molecule has 3 N–H and O–H groups in total. The minimum absolute atomic E-state index is 0.171. The van der Waals surface area contributed by atoms with Crippen LogP contribution in [-0.4, -0.2) is 24.9 Å². The van der Waals surface area contributed by atoms with Crippen LogP contribution in [0.5, 0.6) is 0 Å². The van der Waals surface area contributed by atoms with Gasteiger partial charge < -0.3 is 15.8 Å². The number of halogens is 3. The van der Waals surface area contributed by atoms with Crippen molar-refractivity contribution in [2.45, 2.75) is 25.4 Å². The van der Waals surface area contributed by atoms with Crippen molar-refractivity contribution in [3.05, 3.63) is 29.3 Å². The Morgan fingerprint density at radius 2 is 1.80 bits per heavy atom. The van der Waals surface area contributed by atoms with Crippen LogP contribution in [0.4, 0.5) is 18.9 Å². The summed E-state index contributed by atoms with van der Waals surface area (Å²) in [6, 6.07) is 2.44. The number of carbonyl (C=O) groups is 3. The molecule has 0 aliphatic heterocycles. The van der Waals surface area contributed by atoms with Gasteiger partial charge in [0.15, 0.2) is 0 Å². The first-order valence-corrected chi connectivity index (χ1v) is 7.52. The molecule has 136 valence electrons. The Morgan fingerprint density at radius 3 is 2.36 bits per heavy atom. The highest BCUT2D eigenvalue weighted by Gasteiger charge is 2.35. The summed E-state index contributed by atoms with van der Waals surface area (Å²) in [5.74, 6) is -2.88. The van der Waals surface area contributed by atoms with Crippen LogP contribution in [0.25, 0.3) is 0 Å². The molecule has 2 rings (SSSR count). The summed E-state index contributed by atoms with van der Waals surface area (Å²) >= 11 is 0. The van der Waals surface area contributed by atoms with Crippen LogP contribution < -0.4 is 11.1 Å². The van der Waals surface area contributed by atoms with Crippen LogP contribution >= 0.6 is 0 Å². The van der Waals surface area contributed by atoms with Crippen molar-refractivity contribution in [1.29, 1.82) is 0 Å². The van der Waals surface area contributed by atoms with Gasteiger partial charge in [0.2, 0.25) is 11.8 Å². The number of amides is 2. The van der Waals surface area contributed by atoms with E-state index in [-0.39, 0.29) is 17.7 Å². The van der Waals surface area contributed by atoms with Crippen molar-refractivity contribution in [2.24, 2.45) is 17.6 Å². The maximum absolute atomic E-state index is 12.9. The predicted molar refractivity (Wildman–Crippen MR) is 81.4 cm³/mol. The largest absolute Gasteiger partial charge is 0.469 e. The Hall–Kier alpha value is -2.58. The maximum atomic E-state index is 12.9. The van der Waals surface area contributed by atoms with Gasteiger partial charge in [0.05, 0.1) is 18.6 Å². The number of primary amides is 1. The zero-order valence-electron chi connectivity index (χ0n) is 13.4. The molecule has 9 heteroatoms. The van der Waals surface area contributed by atoms with Gasteiger partial charge >= 0.3 is 12.1 Å². The molecule has 1 aliphatic rings. The monoisotopic (exact) mass is 358 g/mol. The molecule has 0 saturated heterocycles. The normalized spacial score (nSPS) is 20.2. The number of ether oxygens (including phenoxy) is 1. The fraction of sp³-hybridized carbons (Fsp3) is 0.438. The summed E-state index contributed by atoms with van der Waals surface area (Å²) in [4.78, 5) is 35.0. The van der Waals surface area contributed by atoms with Crippen LogP contribution in [0, 0.1) is 11.8 Å². The standard InChI is InChI=1S/C16H17F3N2O4/c1-25-15(24)9-3-2-8(4-9)14(23)21-12-6-10(13(20)22)5-11(7-12)16(17,18)19/h5-9H,2-4H2,1H3,(H2,20,22)(H,21,23)/t8-,9+/m0/s1. The quantitative estimate of drug-likeness (QED) is 0.807. The molecule has 1 aliphatic carbocycles.